The number of nitrogens with one attached hydrogen (secondary N) is 2. The molecule has 3 aromatic heterocycles. The van der Waals surface area contributed by atoms with Crippen LogP contribution in [0, 0.1) is 6.92 Å². The molecule has 6 heteroatoms. The maximum absolute atomic E-state index is 13.0. The van der Waals surface area contributed by atoms with Crippen molar-refractivity contribution in [3.05, 3.63) is 90.8 Å². The van der Waals surface area contributed by atoms with Crippen molar-refractivity contribution in [2.45, 2.75) is 13.5 Å². The zero-order valence-electron chi connectivity index (χ0n) is 17.0. The Bertz CT molecular complexity index is 1350. The number of pyridine rings is 1. The molecule has 5 aromatic rings. The summed E-state index contributed by atoms with van der Waals surface area (Å²) in [5, 5.41) is 11.4. The minimum absolute atomic E-state index is 0.130. The zero-order valence-corrected chi connectivity index (χ0v) is 17.0. The normalized spacial score (nSPS) is 11.0. The Balaban J connectivity index is 1.45. The van der Waals surface area contributed by atoms with Crippen LogP contribution in [-0.2, 0) is 11.3 Å². The van der Waals surface area contributed by atoms with Gasteiger partial charge in [-0.1, -0.05) is 48.5 Å². The topological polar surface area (TPSA) is 75.6 Å². The van der Waals surface area contributed by atoms with Gasteiger partial charge in [-0.2, -0.15) is 5.10 Å². The fourth-order valence-corrected chi connectivity index (χ4v) is 3.86. The molecule has 1 amide bonds. The highest BCUT2D eigenvalue weighted by Crippen LogP contribution is 2.29. The summed E-state index contributed by atoms with van der Waals surface area (Å²) >= 11 is 0. The van der Waals surface area contributed by atoms with E-state index in [0.717, 1.165) is 39.0 Å². The molecule has 0 saturated carbocycles. The van der Waals surface area contributed by atoms with Crippen LogP contribution in [0.1, 0.15) is 5.56 Å². The third-order valence-electron chi connectivity index (χ3n) is 5.42. The Hall–Kier alpha value is -4.19. The van der Waals surface area contributed by atoms with Gasteiger partial charge in [-0.05, 0) is 36.8 Å². The molecule has 0 atom stereocenters. The lowest BCUT2D eigenvalue weighted by Crippen LogP contribution is -2.19. The Kier molecular flexibility index (Phi) is 4.80. The van der Waals surface area contributed by atoms with E-state index in [-0.39, 0.29) is 12.5 Å². The molecule has 6 nitrogen and oxygen atoms in total. The van der Waals surface area contributed by atoms with Crippen molar-refractivity contribution in [1.82, 2.24) is 19.7 Å². The van der Waals surface area contributed by atoms with Crippen LogP contribution in [0.3, 0.4) is 0 Å². The highest BCUT2D eigenvalue weighted by atomic mass is 16.2. The molecule has 0 bridgehead atoms. The molecule has 2 N–H and O–H groups in total. The molecular formula is C25H21N5O. The summed E-state index contributed by atoms with van der Waals surface area (Å²) in [6, 6.07) is 24.2. The number of carbonyl (C=O) groups excluding carboxylic acids is 1. The lowest BCUT2D eigenvalue weighted by atomic mass is 10.1. The number of amides is 1. The van der Waals surface area contributed by atoms with Crippen LogP contribution in [0.25, 0.3) is 33.4 Å². The van der Waals surface area contributed by atoms with Gasteiger partial charge in [-0.15, -0.1) is 0 Å². The molecule has 5 rings (SSSR count). The van der Waals surface area contributed by atoms with E-state index in [2.05, 4.69) is 44.8 Å². The molecule has 152 valence electrons. The summed E-state index contributed by atoms with van der Waals surface area (Å²) in [5.41, 5.74) is 5.83. The number of hydrogen-bond donors (Lipinski definition) is 2. The number of nitrogens with zero attached hydrogens (tertiary/aromatic N) is 3. The number of aromatic amines is 1. The first kappa shape index (κ1) is 18.8. The van der Waals surface area contributed by atoms with E-state index in [9.17, 15) is 4.79 Å². The Labute approximate surface area is 179 Å². The lowest BCUT2D eigenvalue weighted by molar-refractivity contribution is -0.116. The molecule has 0 fully saturated rings. The first-order chi connectivity index (χ1) is 15.2. The number of H-pyrrole nitrogens is 1. The molecule has 0 saturated heterocycles. The summed E-state index contributed by atoms with van der Waals surface area (Å²) in [6.07, 6.45) is 3.46. The van der Waals surface area contributed by atoms with Crippen LogP contribution < -0.4 is 5.32 Å². The SMILES string of the molecule is Cc1c(NC(=O)Cn2c(-c3ccccc3)cc3ccccc32)n[nH]c1-c1ccncc1. The highest BCUT2D eigenvalue weighted by Gasteiger charge is 2.16. The number of benzene rings is 2. The average Bonchev–Trinajstić information content (AvgIpc) is 3.36. The van der Waals surface area contributed by atoms with Crippen molar-refractivity contribution in [1.29, 1.82) is 0 Å². The van der Waals surface area contributed by atoms with Crippen LogP contribution >= 0.6 is 0 Å². The first-order valence-electron chi connectivity index (χ1n) is 10.1. The molecule has 31 heavy (non-hydrogen) atoms. The van der Waals surface area contributed by atoms with Crippen molar-refractivity contribution in [3.63, 3.8) is 0 Å². The monoisotopic (exact) mass is 407 g/mol. The smallest absolute Gasteiger partial charge is 0.245 e. The summed E-state index contributed by atoms with van der Waals surface area (Å²) in [4.78, 5) is 17.1. The van der Waals surface area contributed by atoms with Gasteiger partial charge < -0.3 is 9.88 Å². The van der Waals surface area contributed by atoms with E-state index >= 15 is 0 Å². The summed E-state index contributed by atoms with van der Waals surface area (Å²) in [5.74, 6) is 0.406. The van der Waals surface area contributed by atoms with Crippen molar-refractivity contribution in [2.24, 2.45) is 0 Å². The van der Waals surface area contributed by atoms with Crippen LogP contribution in [0.2, 0.25) is 0 Å². The fraction of sp³-hybridized carbons (Fsp3) is 0.0800. The average molecular weight is 407 g/mol. The number of rotatable bonds is 5. The second-order valence-corrected chi connectivity index (χ2v) is 7.40. The molecule has 2 aromatic carbocycles. The number of anilines is 1. The minimum Gasteiger partial charge on any atom is -0.331 e. The van der Waals surface area contributed by atoms with Crippen molar-refractivity contribution in [2.75, 3.05) is 5.32 Å². The quantitative estimate of drug-likeness (QED) is 0.429. The van der Waals surface area contributed by atoms with Crippen LogP contribution in [0.4, 0.5) is 5.82 Å². The van der Waals surface area contributed by atoms with Gasteiger partial charge in [0.2, 0.25) is 5.91 Å². The number of aromatic nitrogens is 4. The molecule has 0 unspecified atom stereocenters. The number of fused-ring (bicyclic) bond motifs is 1. The van der Waals surface area contributed by atoms with Gasteiger partial charge in [-0.3, -0.25) is 14.9 Å². The van der Waals surface area contributed by atoms with Crippen molar-refractivity contribution in [3.8, 4) is 22.5 Å². The maximum Gasteiger partial charge on any atom is 0.245 e. The van der Waals surface area contributed by atoms with Crippen LogP contribution in [0.15, 0.2) is 85.2 Å². The Morgan fingerprint density at radius 3 is 2.52 bits per heavy atom. The van der Waals surface area contributed by atoms with Gasteiger partial charge >= 0.3 is 0 Å². The van der Waals surface area contributed by atoms with E-state index in [1.165, 1.54) is 0 Å². The predicted octanol–water partition coefficient (Wildman–Crippen LogP) is 5.04. The first-order valence-corrected chi connectivity index (χ1v) is 10.1. The van der Waals surface area contributed by atoms with Gasteiger partial charge in [0.05, 0.1) is 5.69 Å². The van der Waals surface area contributed by atoms with E-state index in [1.54, 1.807) is 12.4 Å². The molecule has 3 heterocycles. The molecule has 0 aliphatic heterocycles. The second kappa shape index (κ2) is 7.91. The summed E-state index contributed by atoms with van der Waals surface area (Å²) in [7, 11) is 0. The molecule has 0 aliphatic rings. The molecule has 0 spiro atoms. The largest absolute Gasteiger partial charge is 0.331 e. The number of para-hydroxylation sites is 1. The molecule has 0 aliphatic carbocycles. The summed E-state index contributed by atoms with van der Waals surface area (Å²) in [6.45, 7) is 2.13. The lowest BCUT2D eigenvalue weighted by Gasteiger charge is -2.11. The maximum atomic E-state index is 13.0. The molecule has 0 radical (unpaired) electrons. The van der Waals surface area contributed by atoms with Crippen molar-refractivity contribution < 1.29 is 4.79 Å². The van der Waals surface area contributed by atoms with E-state index in [1.807, 2.05) is 60.0 Å². The van der Waals surface area contributed by atoms with Gasteiger partial charge in [0.25, 0.3) is 0 Å². The molecular weight excluding hydrogens is 386 g/mol. The van der Waals surface area contributed by atoms with E-state index in [4.69, 9.17) is 0 Å². The van der Waals surface area contributed by atoms with Crippen LogP contribution in [-0.4, -0.2) is 25.7 Å². The van der Waals surface area contributed by atoms with E-state index in [0.29, 0.717) is 5.82 Å². The fourth-order valence-electron chi connectivity index (χ4n) is 3.86. The third-order valence-corrected chi connectivity index (χ3v) is 5.42. The van der Waals surface area contributed by atoms with Gasteiger partial charge in [0, 0.05) is 40.1 Å². The Morgan fingerprint density at radius 1 is 0.968 bits per heavy atom. The van der Waals surface area contributed by atoms with Gasteiger partial charge in [0.1, 0.15) is 6.54 Å². The van der Waals surface area contributed by atoms with Gasteiger partial charge in [0.15, 0.2) is 5.82 Å². The second-order valence-electron chi connectivity index (χ2n) is 7.40. The summed E-state index contributed by atoms with van der Waals surface area (Å²) < 4.78 is 2.05. The van der Waals surface area contributed by atoms with Crippen molar-refractivity contribution >= 4 is 22.6 Å². The predicted molar refractivity (Wildman–Crippen MR) is 123 cm³/mol. The van der Waals surface area contributed by atoms with Gasteiger partial charge in [-0.25, -0.2) is 0 Å². The zero-order chi connectivity index (χ0) is 21.2. The number of carbonyl (C=O) groups is 1. The number of hydrogen-bond acceptors (Lipinski definition) is 3. The Morgan fingerprint density at radius 2 is 1.71 bits per heavy atom. The third kappa shape index (κ3) is 3.59. The standard InChI is InChI=1S/C25H21N5O/c1-17-24(19-11-13-26-14-12-19)28-29-25(17)27-23(31)16-30-21-10-6-5-9-20(21)15-22(30)18-7-3-2-4-8-18/h2-15H,16H2,1H3,(H2,27,28,29,31). The van der Waals surface area contributed by atoms with E-state index < -0.39 is 0 Å². The van der Waals surface area contributed by atoms with Crippen LogP contribution in [0.5, 0.6) is 0 Å². The highest BCUT2D eigenvalue weighted by molar-refractivity contribution is 5.94. The minimum atomic E-state index is -0.130.